The van der Waals surface area contributed by atoms with Gasteiger partial charge in [-0.2, -0.15) is 0 Å². The van der Waals surface area contributed by atoms with Gasteiger partial charge in [0.1, 0.15) is 16.7 Å². The lowest BCUT2D eigenvalue weighted by atomic mass is 9.73. The van der Waals surface area contributed by atoms with E-state index in [4.69, 9.17) is 33.5 Å². The Morgan fingerprint density at radius 2 is 2.00 bits per heavy atom. The molecule has 150 valence electrons. The summed E-state index contributed by atoms with van der Waals surface area (Å²) in [5.41, 5.74) is 18.4. The highest BCUT2D eigenvalue weighted by Gasteiger charge is 2.47. The fourth-order valence-electron chi connectivity index (χ4n) is 3.89. The van der Waals surface area contributed by atoms with Gasteiger partial charge >= 0.3 is 0 Å². The lowest BCUT2D eigenvalue weighted by Crippen LogP contribution is -2.50. The van der Waals surface area contributed by atoms with Gasteiger partial charge in [-0.15, -0.1) is 0 Å². The molecule has 2 aliphatic heterocycles. The minimum atomic E-state index is 0.0721. The molecule has 0 saturated carbocycles. The van der Waals surface area contributed by atoms with Gasteiger partial charge in [0.25, 0.3) is 0 Å². The molecule has 4 rings (SSSR count). The average Bonchev–Trinajstić information content (AvgIpc) is 2.96. The smallest absolute Gasteiger partial charge is 0.158 e. The number of anilines is 3. The predicted octanol–water partition coefficient (Wildman–Crippen LogP) is 2.17. The van der Waals surface area contributed by atoms with Crippen LogP contribution in [-0.2, 0) is 4.74 Å². The van der Waals surface area contributed by atoms with Crippen LogP contribution in [0.1, 0.15) is 19.8 Å². The zero-order valence-electron chi connectivity index (χ0n) is 15.6. The monoisotopic (exact) mass is 421 g/mol. The van der Waals surface area contributed by atoms with Gasteiger partial charge < -0.3 is 26.8 Å². The average molecular weight is 422 g/mol. The summed E-state index contributed by atoms with van der Waals surface area (Å²) in [6.45, 7) is 4.51. The first kappa shape index (κ1) is 19.5. The highest BCUT2D eigenvalue weighted by Crippen LogP contribution is 2.42. The van der Waals surface area contributed by atoms with E-state index in [1.807, 2.05) is 0 Å². The van der Waals surface area contributed by atoms with Gasteiger partial charge in [-0.25, -0.2) is 15.0 Å². The van der Waals surface area contributed by atoms with Crippen LogP contribution < -0.4 is 22.1 Å². The first-order valence-electron chi connectivity index (χ1n) is 9.22. The molecule has 1 unspecified atom stereocenters. The first-order chi connectivity index (χ1) is 13.4. The normalized spacial score (nSPS) is 24.0. The van der Waals surface area contributed by atoms with Gasteiger partial charge in [0, 0.05) is 35.6 Å². The highest BCUT2D eigenvalue weighted by atomic mass is 35.5. The van der Waals surface area contributed by atoms with Crippen LogP contribution in [0.3, 0.4) is 0 Å². The van der Waals surface area contributed by atoms with Crippen LogP contribution in [0.5, 0.6) is 0 Å². The summed E-state index contributed by atoms with van der Waals surface area (Å²) in [7, 11) is 0. The molecule has 0 bridgehead atoms. The summed E-state index contributed by atoms with van der Waals surface area (Å²) >= 11 is 7.53. The molecular weight excluding hydrogens is 398 g/mol. The second-order valence-corrected chi connectivity index (χ2v) is 8.83. The summed E-state index contributed by atoms with van der Waals surface area (Å²) in [5.74, 6) is 1.42. The topological polar surface area (TPSA) is 129 Å². The van der Waals surface area contributed by atoms with Crippen molar-refractivity contribution in [1.29, 1.82) is 0 Å². The number of hydrogen-bond acceptors (Lipinski definition) is 9. The van der Waals surface area contributed by atoms with Crippen LogP contribution >= 0.6 is 23.4 Å². The molecule has 1 spiro atoms. The number of piperidine rings is 1. The lowest BCUT2D eigenvalue weighted by molar-refractivity contribution is 0.0974. The summed E-state index contributed by atoms with van der Waals surface area (Å²) in [6, 6.07) is 1.86. The fourth-order valence-corrected chi connectivity index (χ4v) is 4.91. The number of ether oxygens (including phenoxy) is 1. The van der Waals surface area contributed by atoms with Crippen molar-refractivity contribution in [2.75, 3.05) is 36.1 Å². The molecule has 0 aromatic carbocycles. The van der Waals surface area contributed by atoms with Crippen molar-refractivity contribution < 1.29 is 4.74 Å². The zero-order valence-corrected chi connectivity index (χ0v) is 17.2. The Kier molecular flexibility index (Phi) is 5.26. The number of nitrogen functional groups attached to an aromatic ring is 2. The molecule has 10 heteroatoms. The maximum absolute atomic E-state index is 6.39. The van der Waals surface area contributed by atoms with Crippen LogP contribution in [0.4, 0.5) is 17.5 Å². The molecule has 2 aliphatic rings. The molecule has 0 radical (unpaired) electrons. The van der Waals surface area contributed by atoms with Gasteiger partial charge in [-0.1, -0.05) is 23.4 Å². The molecule has 4 heterocycles. The molecule has 0 aliphatic carbocycles. The third-order valence-electron chi connectivity index (χ3n) is 5.77. The molecule has 0 amide bonds. The first-order valence-corrected chi connectivity index (χ1v) is 10.4. The van der Waals surface area contributed by atoms with Crippen LogP contribution in [0.2, 0.25) is 5.02 Å². The Balaban J connectivity index is 1.46. The molecule has 2 saturated heterocycles. The van der Waals surface area contributed by atoms with E-state index in [0.717, 1.165) is 43.3 Å². The van der Waals surface area contributed by atoms with Crippen LogP contribution in [0.15, 0.2) is 28.4 Å². The lowest BCUT2D eigenvalue weighted by Gasteiger charge is -2.41. The summed E-state index contributed by atoms with van der Waals surface area (Å²) in [6.07, 6.45) is 5.42. The summed E-state index contributed by atoms with van der Waals surface area (Å²) in [4.78, 5) is 16.0. The molecule has 2 fully saturated rings. The maximum Gasteiger partial charge on any atom is 0.158 e. The quantitative estimate of drug-likeness (QED) is 0.682. The molecule has 2 aromatic heterocycles. The largest absolute Gasteiger partial charge is 0.382 e. The highest BCUT2D eigenvalue weighted by molar-refractivity contribution is 7.99. The molecular formula is C18H24ClN7OS. The van der Waals surface area contributed by atoms with Crippen molar-refractivity contribution in [2.24, 2.45) is 11.1 Å². The molecule has 6 N–H and O–H groups in total. The van der Waals surface area contributed by atoms with E-state index >= 15 is 0 Å². The van der Waals surface area contributed by atoms with E-state index in [1.165, 1.54) is 11.8 Å². The molecule has 2 atom stereocenters. The molecule has 8 nitrogen and oxygen atoms in total. The summed E-state index contributed by atoms with van der Waals surface area (Å²) in [5, 5.41) is 0.980. The van der Waals surface area contributed by atoms with E-state index in [0.29, 0.717) is 15.9 Å². The second kappa shape index (κ2) is 7.55. The minimum Gasteiger partial charge on any atom is -0.382 e. The Morgan fingerprint density at radius 3 is 2.64 bits per heavy atom. The standard InChI is InChI=1S/C18H24ClN7OS/c1-10-14(20)18(9-27-10)3-6-26(7-4-18)12-8-24-17(16(22)25-12)28-11-2-5-23-15(21)13(11)19/h2,5,8,10,14H,3-4,6-7,9,20H2,1H3,(H2,21,23)(H2,22,25)/t10-,14?/m0/s1. The van der Waals surface area contributed by atoms with E-state index in [9.17, 15) is 0 Å². The van der Waals surface area contributed by atoms with E-state index in [1.54, 1.807) is 18.5 Å². The number of aromatic nitrogens is 3. The van der Waals surface area contributed by atoms with Crippen molar-refractivity contribution in [3.05, 3.63) is 23.5 Å². The fraction of sp³-hybridized carbons (Fsp3) is 0.500. The van der Waals surface area contributed by atoms with Gasteiger partial charge in [-0.05, 0) is 25.8 Å². The van der Waals surface area contributed by atoms with Gasteiger partial charge in [0.15, 0.2) is 5.82 Å². The Hall–Kier alpha value is -1.81. The third-order valence-corrected chi connectivity index (χ3v) is 7.35. The molecule has 28 heavy (non-hydrogen) atoms. The Bertz CT molecular complexity index is 875. The van der Waals surface area contributed by atoms with E-state index < -0.39 is 0 Å². The van der Waals surface area contributed by atoms with Crippen molar-refractivity contribution in [3.8, 4) is 0 Å². The number of rotatable bonds is 3. The number of nitrogens with two attached hydrogens (primary N) is 3. The van der Waals surface area contributed by atoms with Crippen LogP contribution in [-0.4, -0.2) is 46.8 Å². The van der Waals surface area contributed by atoms with Crippen LogP contribution in [0, 0.1) is 5.41 Å². The van der Waals surface area contributed by atoms with E-state index in [-0.39, 0.29) is 23.4 Å². The van der Waals surface area contributed by atoms with Gasteiger partial charge in [0.05, 0.1) is 23.9 Å². The van der Waals surface area contributed by atoms with Crippen molar-refractivity contribution in [2.45, 2.75) is 41.8 Å². The van der Waals surface area contributed by atoms with Crippen molar-refractivity contribution >= 4 is 40.8 Å². The van der Waals surface area contributed by atoms with Gasteiger partial charge in [0.2, 0.25) is 0 Å². The number of nitrogens with zero attached hydrogens (tertiary/aromatic N) is 4. The minimum absolute atomic E-state index is 0.0721. The van der Waals surface area contributed by atoms with E-state index in [2.05, 4.69) is 26.8 Å². The Labute approximate surface area is 173 Å². The number of hydrogen-bond donors (Lipinski definition) is 3. The van der Waals surface area contributed by atoms with Crippen LogP contribution in [0.25, 0.3) is 0 Å². The number of halogens is 1. The third kappa shape index (κ3) is 3.47. The van der Waals surface area contributed by atoms with Crippen molar-refractivity contribution in [1.82, 2.24) is 15.0 Å². The second-order valence-electron chi connectivity index (χ2n) is 7.42. The van der Waals surface area contributed by atoms with Gasteiger partial charge in [-0.3, -0.25) is 0 Å². The number of pyridine rings is 1. The Morgan fingerprint density at radius 1 is 1.25 bits per heavy atom. The predicted molar refractivity (Wildman–Crippen MR) is 111 cm³/mol. The zero-order chi connectivity index (χ0) is 19.9. The van der Waals surface area contributed by atoms with Crippen molar-refractivity contribution in [3.63, 3.8) is 0 Å². The SMILES string of the molecule is C[C@@H]1OCC2(CCN(c3cnc(Sc4ccnc(N)c4Cl)c(N)n3)CC2)C1N. The summed E-state index contributed by atoms with van der Waals surface area (Å²) < 4.78 is 5.79. The maximum atomic E-state index is 6.39. The molecule has 2 aromatic rings.